The summed E-state index contributed by atoms with van der Waals surface area (Å²) in [6, 6.07) is 0. The fourth-order valence-corrected chi connectivity index (χ4v) is 2.75. The SMILES string of the molecule is CC(C)(C)N1CCCC1.CC(C)(C)N1CCCC1=O. The lowest BCUT2D eigenvalue weighted by atomic mass is 10.1. The van der Waals surface area contributed by atoms with Crippen LogP contribution in [0.4, 0.5) is 0 Å². The van der Waals surface area contributed by atoms with E-state index in [4.69, 9.17) is 0 Å². The molecule has 0 unspecified atom stereocenters. The summed E-state index contributed by atoms with van der Waals surface area (Å²) in [5.41, 5.74) is 0.448. The zero-order valence-corrected chi connectivity index (χ0v) is 13.8. The molecule has 0 bridgehead atoms. The van der Waals surface area contributed by atoms with E-state index in [-0.39, 0.29) is 5.54 Å². The predicted molar refractivity (Wildman–Crippen MR) is 81.3 cm³/mol. The molecular formula is C16H32N2O. The van der Waals surface area contributed by atoms with Gasteiger partial charge in [-0.2, -0.15) is 0 Å². The minimum atomic E-state index is 0.0353. The van der Waals surface area contributed by atoms with Gasteiger partial charge in [0.2, 0.25) is 5.91 Å². The number of carbonyl (C=O) groups is 1. The van der Waals surface area contributed by atoms with Gasteiger partial charge in [0, 0.05) is 24.0 Å². The average molecular weight is 268 g/mol. The summed E-state index contributed by atoms with van der Waals surface area (Å²) in [5.74, 6) is 0.313. The smallest absolute Gasteiger partial charge is 0.223 e. The molecule has 0 saturated carbocycles. The van der Waals surface area contributed by atoms with Crippen molar-refractivity contribution in [3.05, 3.63) is 0 Å². The summed E-state index contributed by atoms with van der Waals surface area (Å²) < 4.78 is 0. The average Bonchev–Trinajstić information content (AvgIpc) is 2.84. The van der Waals surface area contributed by atoms with Crippen molar-refractivity contribution < 1.29 is 4.79 Å². The first-order valence-corrected chi connectivity index (χ1v) is 7.68. The zero-order valence-electron chi connectivity index (χ0n) is 13.8. The molecule has 0 aromatic carbocycles. The maximum atomic E-state index is 11.1. The molecule has 0 atom stereocenters. The first-order valence-electron chi connectivity index (χ1n) is 7.68. The monoisotopic (exact) mass is 268 g/mol. The van der Waals surface area contributed by atoms with Gasteiger partial charge in [0.1, 0.15) is 0 Å². The summed E-state index contributed by atoms with van der Waals surface area (Å²) in [5, 5.41) is 0. The molecule has 2 aliphatic heterocycles. The Morgan fingerprint density at radius 3 is 1.53 bits per heavy atom. The van der Waals surface area contributed by atoms with E-state index in [2.05, 4.69) is 46.4 Å². The van der Waals surface area contributed by atoms with E-state index in [9.17, 15) is 4.79 Å². The van der Waals surface area contributed by atoms with Crippen molar-refractivity contribution in [3.63, 3.8) is 0 Å². The van der Waals surface area contributed by atoms with Crippen LogP contribution in [0.25, 0.3) is 0 Å². The summed E-state index contributed by atoms with van der Waals surface area (Å²) in [6.07, 6.45) is 4.59. The Morgan fingerprint density at radius 1 is 0.789 bits per heavy atom. The second-order valence-corrected chi connectivity index (χ2v) is 7.68. The van der Waals surface area contributed by atoms with Crippen molar-refractivity contribution in [1.82, 2.24) is 9.80 Å². The molecule has 0 radical (unpaired) electrons. The van der Waals surface area contributed by atoms with Gasteiger partial charge in [0.15, 0.2) is 0 Å². The molecule has 3 heteroatoms. The number of rotatable bonds is 0. The Balaban J connectivity index is 0.000000191. The number of hydrogen-bond acceptors (Lipinski definition) is 2. The normalized spacial score (nSPS) is 21.6. The van der Waals surface area contributed by atoms with Crippen LogP contribution in [0.2, 0.25) is 0 Å². The molecule has 2 fully saturated rings. The van der Waals surface area contributed by atoms with Crippen LogP contribution in [0.3, 0.4) is 0 Å². The van der Waals surface area contributed by atoms with E-state index < -0.39 is 0 Å². The largest absolute Gasteiger partial charge is 0.338 e. The van der Waals surface area contributed by atoms with E-state index in [0.717, 1.165) is 19.4 Å². The molecule has 2 heterocycles. The fourth-order valence-electron chi connectivity index (χ4n) is 2.75. The minimum absolute atomic E-state index is 0.0353. The van der Waals surface area contributed by atoms with Gasteiger partial charge in [-0.15, -0.1) is 0 Å². The number of nitrogens with zero attached hydrogens (tertiary/aromatic N) is 2. The van der Waals surface area contributed by atoms with Gasteiger partial charge in [0.25, 0.3) is 0 Å². The van der Waals surface area contributed by atoms with Crippen LogP contribution in [-0.4, -0.2) is 46.4 Å². The quantitative estimate of drug-likeness (QED) is 0.673. The third-order valence-electron chi connectivity index (χ3n) is 3.94. The van der Waals surface area contributed by atoms with Gasteiger partial charge in [-0.05, 0) is 73.9 Å². The Bertz CT molecular complexity index is 293. The van der Waals surface area contributed by atoms with Crippen molar-refractivity contribution in [3.8, 4) is 0 Å². The van der Waals surface area contributed by atoms with Crippen LogP contribution in [0.15, 0.2) is 0 Å². The molecule has 19 heavy (non-hydrogen) atoms. The van der Waals surface area contributed by atoms with Crippen molar-refractivity contribution >= 4 is 5.91 Å². The highest BCUT2D eigenvalue weighted by Gasteiger charge is 2.29. The molecule has 1 amide bonds. The molecule has 2 aliphatic rings. The topological polar surface area (TPSA) is 23.6 Å². The van der Waals surface area contributed by atoms with E-state index in [0.29, 0.717) is 11.4 Å². The van der Waals surface area contributed by atoms with E-state index in [1.54, 1.807) is 0 Å². The van der Waals surface area contributed by atoms with Gasteiger partial charge in [-0.3, -0.25) is 9.69 Å². The lowest BCUT2D eigenvalue weighted by Gasteiger charge is -2.31. The van der Waals surface area contributed by atoms with Crippen molar-refractivity contribution in [2.24, 2.45) is 0 Å². The highest BCUT2D eigenvalue weighted by Crippen LogP contribution is 2.21. The highest BCUT2D eigenvalue weighted by atomic mass is 16.2. The Morgan fingerprint density at radius 2 is 1.32 bits per heavy atom. The molecule has 112 valence electrons. The molecule has 0 spiro atoms. The molecule has 2 saturated heterocycles. The van der Waals surface area contributed by atoms with Crippen LogP contribution < -0.4 is 0 Å². The fraction of sp³-hybridized carbons (Fsp3) is 0.938. The Hall–Kier alpha value is -0.570. The lowest BCUT2D eigenvalue weighted by Crippen LogP contribution is -2.41. The van der Waals surface area contributed by atoms with E-state index >= 15 is 0 Å². The number of likely N-dealkylation sites (tertiary alicyclic amines) is 2. The van der Waals surface area contributed by atoms with Gasteiger partial charge < -0.3 is 4.90 Å². The molecule has 2 rings (SSSR count). The molecule has 0 aromatic rings. The zero-order chi connectivity index (χ0) is 14.7. The molecule has 0 N–H and O–H groups in total. The van der Waals surface area contributed by atoms with Gasteiger partial charge in [0.05, 0.1) is 0 Å². The second-order valence-electron chi connectivity index (χ2n) is 7.68. The molecule has 0 aromatic heterocycles. The van der Waals surface area contributed by atoms with Gasteiger partial charge in [-0.25, -0.2) is 0 Å². The van der Waals surface area contributed by atoms with Crippen molar-refractivity contribution in [1.29, 1.82) is 0 Å². The molecule has 0 aliphatic carbocycles. The predicted octanol–water partition coefficient (Wildman–Crippen LogP) is 3.29. The first kappa shape index (κ1) is 16.5. The van der Waals surface area contributed by atoms with Crippen LogP contribution in [0.1, 0.15) is 67.2 Å². The number of carbonyl (C=O) groups excluding carboxylic acids is 1. The van der Waals surface area contributed by atoms with Crippen molar-refractivity contribution in [2.45, 2.75) is 78.3 Å². The standard InChI is InChI=1S/C8H15NO.C8H17N/c1-8(2,3)9-6-4-5-7(9)10;1-8(2,3)9-6-4-5-7-9/h4-6H2,1-3H3;4-7H2,1-3H3. The third kappa shape index (κ3) is 5.13. The van der Waals surface area contributed by atoms with Crippen molar-refractivity contribution in [2.75, 3.05) is 19.6 Å². The molecule has 3 nitrogen and oxygen atoms in total. The van der Waals surface area contributed by atoms with Crippen LogP contribution >= 0.6 is 0 Å². The van der Waals surface area contributed by atoms with E-state index in [1.807, 2.05) is 4.90 Å². The highest BCUT2D eigenvalue weighted by molar-refractivity contribution is 5.78. The number of amides is 1. The van der Waals surface area contributed by atoms with Crippen LogP contribution in [-0.2, 0) is 4.79 Å². The van der Waals surface area contributed by atoms with Gasteiger partial charge in [-0.1, -0.05) is 0 Å². The maximum Gasteiger partial charge on any atom is 0.223 e. The molecular weight excluding hydrogens is 236 g/mol. The third-order valence-corrected chi connectivity index (χ3v) is 3.94. The second kappa shape index (κ2) is 6.25. The minimum Gasteiger partial charge on any atom is -0.338 e. The lowest BCUT2D eigenvalue weighted by molar-refractivity contribution is -0.131. The summed E-state index contributed by atoms with van der Waals surface area (Å²) in [6.45, 7) is 16.7. The van der Waals surface area contributed by atoms with Gasteiger partial charge >= 0.3 is 0 Å². The Labute approximate surface area is 119 Å². The maximum absolute atomic E-state index is 11.1. The van der Waals surface area contributed by atoms with Crippen LogP contribution in [0, 0.1) is 0 Å². The summed E-state index contributed by atoms with van der Waals surface area (Å²) in [7, 11) is 0. The number of hydrogen-bond donors (Lipinski definition) is 0. The first-order chi connectivity index (χ1) is 8.62. The summed E-state index contributed by atoms with van der Waals surface area (Å²) in [4.78, 5) is 15.6. The summed E-state index contributed by atoms with van der Waals surface area (Å²) >= 11 is 0. The van der Waals surface area contributed by atoms with Crippen LogP contribution in [0.5, 0.6) is 0 Å². The Kier molecular flexibility index (Phi) is 5.43. The van der Waals surface area contributed by atoms with E-state index in [1.165, 1.54) is 25.9 Å².